The summed E-state index contributed by atoms with van der Waals surface area (Å²) in [5.41, 5.74) is -1.40. The van der Waals surface area contributed by atoms with Gasteiger partial charge in [0.05, 0.1) is 18.1 Å². The van der Waals surface area contributed by atoms with Gasteiger partial charge >= 0.3 is 0 Å². The predicted octanol–water partition coefficient (Wildman–Crippen LogP) is 1.40. The van der Waals surface area contributed by atoms with E-state index in [1.54, 1.807) is 0 Å². The fraction of sp³-hybridized carbons (Fsp3) is 0.850. The summed E-state index contributed by atoms with van der Waals surface area (Å²) in [7, 11) is 0. The van der Waals surface area contributed by atoms with Crippen molar-refractivity contribution in [2.75, 3.05) is 6.61 Å². The van der Waals surface area contributed by atoms with Crippen LogP contribution in [0.5, 0.6) is 0 Å². The first-order valence-electron chi connectivity index (χ1n) is 9.58. The number of carbonyl (C=O) groups is 1. The highest BCUT2D eigenvalue weighted by Gasteiger charge is 2.83. The van der Waals surface area contributed by atoms with Crippen LogP contribution in [0.15, 0.2) is 12.2 Å². The van der Waals surface area contributed by atoms with Crippen LogP contribution < -0.4 is 0 Å². The number of aliphatic hydroxyl groups is 3. The lowest BCUT2D eigenvalue weighted by molar-refractivity contribution is -0.330. The van der Waals surface area contributed by atoms with Crippen molar-refractivity contribution in [1.29, 1.82) is 0 Å². The molecule has 1 heterocycles. The maximum absolute atomic E-state index is 13.2. The first-order chi connectivity index (χ1) is 11.6. The minimum atomic E-state index is -1.77. The first kappa shape index (κ1) is 16.4. The van der Waals surface area contributed by atoms with Gasteiger partial charge in [-0.15, -0.1) is 0 Å². The van der Waals surface area contributed by atoms with Gasteiger partial charge in [-0.25, -0.2) is 0 Å². The molecule has 5 nitrogen and oxygen atoms in total. The van der Waals surface area contributed by atoms with Crippen molar-refractivity contribution >= 4 is 5.78 Å². The lowest BCUT2D eigenvalue weighted by atomic mass is 9.38. The molecule has 1 saturated heterocycles. The van der Waals surface area contributed by atoms with Crippen molar-refractivity contribution in [1.82, 2.24) is 0 Å². The van der Waals surface area contributed by atoms with Crippen LogP contribution in [-0.4, -0.2) is 45.7 Å². The molecule has 5 rings (SSSR count). The maximum Gasteiger partial charge on any atom is 0.197 e. The van der Waals surface area contributed by atoms with Crippen LogP contribution in [-0.2, 0) is 9.53 Å². The van der Waals surface area contributed by atoms with E-state index in [9.17, 15) is 20.1 Å². The summed E-state index contributed by atoms with van der Waals surface area (Å²) >= 11 is 0. The Morgan fingerprint density at radius 1 is 1.20 bits per heavy atom. The predicted molar refractivity (Wildman–Crippen MR) is 89.3 cm³/mol. The number of aliphatic hydroxyl groups excluding tert-OH is 2. The standard InChI is InChI=1S/C20H28O5/c1-10-11-4-5-12-18(8-11,14(10)22)16(23)20(24)15-17(2,3)7-6-13(21)19(12,15)9-25-20/h11-13,15-16,21,23-24H,1,4-9H2,2-3H3/t11-,12-,13-,15-,16+,18+,19-,20?/m1/s1. The molecule has 3 N–H and O–H groups in total. The van der Waals surface area contributed by atoms with Gasteiger partial charge < -0.3 is 20.1 Å². The Labute approximate surface area is 148 Å². The minimum Gasteiger partial charge on any atom is -0.392 e. The van der Waals surface area contributed by atoms with Gasteiger partial charge in [-0.1, -0.05) is 20.4 Å². The second-order valence-corrected chi connectivity index (χ2v) is 9.96. The van der Waals surface area contributed by atoms with Gasteiger partial charge in [0.1, 0.15) is 6.10 Å². The second-order valence-electron chi connectivity index (χ2n) is 9.96. The molecule has 1 spiro atoms. The zero-order chi connectivity index (χ0) is 18.0. The van der Waals surface area contributed by atoms with E-state index in [2.05, 4.69) is 20.4 Å². The lowest BCUT2D eigenvalue weighted by Gasteiger charge is -2.65. The van der Waals surface area contributed by atoms with E-state index in [0.717, 1.165) is 19.3 Å². The molecule has 5 fully saturated rings. The number of ketones is 1. The third-order valence-electron chi connectivity index (χ3n) is 8.71. The summed E-state index contributed by atoms with van der Waals surface area (Å²) in [6, 6.07) is 0. The Kier molecular flexibility index (Phi) is 2.88. The van der Waals surface area contributed by atoms with Gasteiger partial charge in [0.2, 0.25) is 0 Å². The van der Waals surface area contributed by atoms with Gasteiger partial charge in [0.15, 0.2) is 11.6 Å². The van der Waals surface area contributed by atoms with Gasteiger partial charge in [-0.2, -0.15) is 0 Å². The molecule has 0 aromatic rings. The average Bonchev–Trinajstić information content (AvgIpc) is 2.97. The van der Waals surface area contributed by atoms with Crippen LogP contribution >= 0.6 is 0 Å². The molecule has 4 bridgehead atoms. The highest BCUT2D eigenvalue weighted by molar-refractivity contribution is 6.03. The van der Waals surface area contributed by atoms with E-state index in [1.807, 2.05) is 0 Å². The third kappa shape index (κ3) is 1.48. The van der Waals surface area contributed by atoms with Crippen molar-refractivity contribution in [3.05, 3.63) is 12.2 Å². The summed E-state index contributed by atoms with van der Waals surface area (Å²) in [6.07, 6.45) is 1.70. The Morgan fingerprint density at radius 3 is 2.64 bits per heavy atom. The summed E-state index contributed by atoms with van der Waals surface area (Å²) in [6.45, 7) is 8.38. The topological polar surface area (TPSA) is 87.0 Å². The number of ether oxygens (including phenoxy) is 1. The van der Waals surface area contributed by atoms with Crippen molar-refractivity contribution in [2.24, 2.45) is 34.0 Å². The zero-order valence-corrected chi connectivity index (χ0v) is 15.0. The van der Waals surface area contributed by atoms with Gasteiger partial charge in [-0.05, 0) is 54.9 Å². The molecule has 138 valence electrons. The van der Waals surface area contributed by atoms with E-state index in [-0.39, 0.29) is 35.6 Å². The van der Waals surface area contributed by atoms with E-state index >= 15 is 0 Å². The van der Waals surface area contributed by atoms with E-state index in [4.69, 9.17) is 4.74 Å². The number of allylic oxidation sites excluding steroid dienone is 1. The van der Waals surface area contributed by atoms with Gasteiger partial charge in [0, 0.05) is 11.3 Å². The number of fused-ring (bicyclic) bond motifs is 1. The highest BCUT2D eigenvalue weighted by Crippen LogP contribution is 2.75. The molecule has 4 saturated carbocycles. The van der Waals surface area contributed by atoms with E-state index < -0.39 is 28.8 Å². The Balaban J connectivity index is 1.78. The van der Waals surface area contributed by atoms with E-state index in [0.29, 0.717) is 18.4 Å². The molecule has 4 aliphatic carbocycles. The fourth-order valence-corrected chi connectivity index (χ4v) is 7.91. The Hall–Kier alpha value is -0.750. The molecular weight excluding hydrogens is 320 g/mol. The molecule has 0 radical (unpaired) electrons. The molecule has 8 atom stereocenters. The van der Waals surface area contributed by atoms with Crippen LogP contribution in [0.25, 0.3) is 0 Å². The highest BCUT2D eigenvalue weighted by atomic mass is 16.6. The largest absolute Gasteiger partial charge is 0.392 e. The van der Waals surface area contributed by atoms with Crippen molar-refractivity contribution in [3.8, 4) is 0 Å². The molecule has 25 heavy (non-hydrogen) atoms. The number of rotatable bonds is 0. The number of Topliss-reactive ketones (excluding diaryl/α,β-unsaturated/α-hetero) is 1. The molecule has 0 aromatic carbocycles. The minimum absolute atomic E-state index is 0.0862. The van der Waals surface area contributed by atoms with Crippen LogP contribution in [0.2, 0.25) is 0 Å². The molecule has 0 aromatic heterocycles. The third-order valence-corrected chi connectivity index (χ3v) is 8.71. The summed E-state index contributed by atoms with van der Waals surface area (Å²) in [5.74, 6) is -2.34. The van der Waals surface area contributed by atoms with Crippen LogP contribution in [0.3, 0.4) is 0 Å². The van der Waals surface area contributed by atoms with Crippen LogP contribution in [0.4, 0.5) is 0 Å². The molecule has 5 aliphatic rings. The number of hydrogen-bond acceptors (Lipinski definition) is 5. The van der Waals surface area contributed by atoms with Crippen molar-refractivity contribution in [3.63, 3.8) is 0 Å². The second kappa shape index (κ2) is 4.38. The Bertz CT molecular complexity index is 686. The Morgan fingerprint density at radius 2 is 1.92 bits per heavy atom. The van der Waals surface area contributed by atoms with Gasteiger partial charge in [0.25, 0.3) is 0 Å². The molecule has 0 amide bonds. The molecule has 5 heteroatoms. The summed E-state index contributed by atoms with van der Waals surface area (Å²) in [4.78, 5) is 13.2. The van der Waals surface area contributed by atoms with Crippen molar-refractivity contribution in [2.45, 2.75) is 63.9 Å². The monoisotopic (exact) mass is 348 g/mol. The van der Waals surface area contributed by atoms with Crippen LogP contribution in [0, 0.1) is 34.0 Å². The maximum atomic E-state index is 13.2. The average molecular weight is 348 g/mol. The molecule has 1 unspecified atom stereocenters. The SMILES string of the molecule is C=C1C(=O)[C@]23C[C@H]1CC[C@H]2[C@@]12COC(O)([C@H]3O)[C@@H]1C(C)(C)CC[C@H]2O. The molecule has 1 aliphatic heterocycles. The first-order valence-corrected chi connectivity index (χ1v) is 9.58. The van der Waals surface area contributed by atoms with E-state index in [1.165, 1.54) is 0 Å². The number of hydrogen-bond donors (Lipinski definition) is 3. The van der Waals surface area contributed by atoms with Crippen LogP contribution in [0.1, 0.15) is 46.0 Å². The lowest BCUT2D eigenvalue weighted by Crippen LogP contribution is -2.74. The van der Waals surface area contributed by atoms with Crippen molar-refractivity contribution < 1.29 is 24.9 Å². The normalized spacial score (nSPS) is 58.8. The molecular formula is C20H28O5. The quantitative estimate of drug-likeness (QED) is 0.576. The zero-order valence-electron chi connectivity index (χ0n) is 15.0. The summed E-state index contributed by atoms with van der Waals surface area (Å²) < 4.78 is 5.91. The summed E-state index contributed by atoms with van der Waals surface area (Å²) in [5, 5.41) is 34.0. The fourth-order valence-electron chi connectivity index (χ4n) is 7.91. The number of carbonyl (C=O) groups excluding carboxylic acids is 1. The smallest absolute Gasteiger partial charge is 0.197 e. The van der Waals surface area contributed by atoms with Gasteiger partial charge in [-0.3, -0.25) is 4.79 Å².